The van der Waals surface area contributed by atoms with Gasteiger partial charge in [-0.15, -0.1) is 0 Å². The summed E-state index contributed by atoms with van der Waals surface area (Å²) in [7, 11) is -4.02. The molecule has 0 bridgehead atoms. The van der Waals surface area contributed by atoms with Crippen molar-refractivity contribution < 1.29 is 13.0 Å². The SMILES string of the molecule is C=C1C(N)=CCC1S(=O)(=O)O. The Bertz CT molecular complexity index is 315. The van der Waals surface area contributed by atoms with E-state index in [4.69, 9.17) is 10.3 Å². The van der Waals surface area contributed by atoms with E-state index >= 15 is 0 Å². The molecule has 5 heteroatoms. The summed E-state index contributed by atoms with van der Waals surface area (Å²) in [4.78, 5) is 0. The number of hydrogen-bond donors (Lipinski definition) is 2. The van der Waals surface area contributed by atoms with E-state index in [1.54, 1.807) is 6.08 Å². The third-order valence-electron chi connectivity index (χ3n) is 1.67. The van der Waals surface area contributed by atoms with Crippen LogP contribution >= 0.6 is 0 Å². The van der Waals surface area contributed by atoms with Crippen LogP contribution in [0.4, 0.5) is 0 Å². The van der Waals surface area contributed by atoms with Crippen molar-refractivity contribution in [2.45, 2.75) is 11.7 Å². The molecule has 0 saturated heterocycles. The van der Waals surface area contributed by atoms with E-state index in [-0.39, 0.29) is 12.0 Å². The lowest BCUT2D eigenvalue weighted by Crippen LogP contribution is -2.20. The number of allylic oxidation sites excluding steroid dienone is 2. The average molecular weight is 175 g/mol. The zero-order chi connectivity index (χ0) is 8.65. The fraction of sp³-hybridized carbons (Fsp3) is 0.333. The largest absolute Gasteiger partial charge is 0.399 e. The molecule has 0 aromatic rings. The molecule has 1 atom stereocenters. The molecule has 62 valence electrons. The molecule has 0 saturated carbocycles. The molecule has 0 amide bonds. The Kier molecular flexibility index (Phi) is 1.77. The molecular formula is C6H9NO3S. The zero-order valence-electron chi connectivity index (χ0n) is 5.82. The summed E-state index contributed by atoms with van der Waals surface area (Å²) < 4.78 is 29.8. The standard InChI is InChI=1S/C6H9NO3S/c1-4-5(7)2-3-6(4)11(8,9)10/h2,6H,1,3,7H2,(H,8,9,10). The van der Waals surface area contributed by atoms with E-state index in [1.165, 1.54) is 0 Å². The van der Waals surface area contributed by atoms with Crippen molar-refractivity contribution in [3.8, 4) is 0 Å². The lowest BCUT2D eigenvalue weighted by Gasteiger charge is -2.06. The first-order valence-electron chi connectivity index (χ1n) is 3.04. The molecule has 3 N–H and O–H groups in total. The smallest absolute Gasteiger partial charge is 0.272 e. The summed E-state index contributed by atoms with van der Waals surface area (Å²) in [5.41, 5.74) is 5.99. The second-order valence-corrected chi connectivity index (χ2v) is 4.02. The predicted molar refractivity (Wildman–Crippen MR) is 41.4 cm³/mol. The minimum Gasteiger partial charge on any atom is -0.399 e. The maximum Gasteiger partial charge on any atom is 0.272 e. The highest BCUT2D eigenvalue weighted by atomic mass is 32.2. The molecule has 1 aliphatic rings. The van der Waals surface area contributed by atoms with E-state index in [1.807, 2.05) is 0 Å². The quantitative estimate of drug-likeness (QED) is 0.551. The van der Waals surface area contributed by atoms with E-state index in [0.717, 1.165) is 0 Å². The maximum absolute atomic E-state index is 10.6. The lowest BCUT2D eigenvalue weighted by molar-refractivity contribution is 0.474. The Labute approximate surface area is 65.1 Å². The first-order valence-corrected chi connectivity index (χ1v) is 4.54. The van der Waals surface area contributed by atoms with Gasteiger partial charge in [0.1, 0.15) is 5.25 Å². The molecule has 4 nitrogen and oxygen atoms in total. The van der Waals surface area contributed by atoms with Gasteiger partial charge in [0.2, 0.25) is 0 Å². The van der Waals surface area contributed by atoms with Gasteiger partial charge in [-0.2, -0.15) is 8.42 Å². The van der Waals surface area contributed by atoms with Crippen LogP contribution < -0.4 is 5.73 Å². The van der Waals surface area contributed by atoms with Crippen LogP contribution in [0.3, 0.4) is 0 Å². The van der Waals surface area contributed by atoms with Gasteiger partial charge in [-0.3, -0.25) is 4.55 Å². The molecule has 0 heterocycles. The van der Waals surface area contributed by atoms with Crippen LogP contribution in [-0.4, -0.2) is 18.2 Å². The van der Waals surface area contributed by atoms with Gasteiger partial charge >= 0.3 is 0 Å². The molecule has 0 aliphatic heterocycles. The highest BCUT2D eigenvalue weighted by molar-refractivity contribution is 7.86. The Morgan fingerprint density at radius 1 is 1.73 bits per heavy atom. The minimum absolute atomic E-state index is 0.226. The highest BCUT2D eigenvalue weighted by Gasteiger charge is 2.30. The maximum atomic E-state index is 10.6. The lowest BCUT2D eigenvalue weighted by atomic mass is 10.2. The molecule has 1 unspecified atom stereocenters. The Hall–Kier alpha value is -0.810. The Morgan fingerprint density at radius 2 is 2.27 bits per heavy atom. The summed E-state index contributed by atoms with van der Waals surface area (Å²) >= 11 is 0. The van der Waals surface area contributed by atoms with Crippen molar-refractivity contribution in [1.29, 1.82) is 0 Å². The first-order chi connectivity index (χ1) is 4.93. The van der Waals surface area contributed by atoms with Gasteiger partial charge in [-0.05, 0) is 12.0 Å². The van der Waals surface area contributed by atoms with E-state index in [0.29, 0.717) is 5.70 Å². The van der Waals surface area contributed by atoms with Crippen LogP contribution in [0.1, 0.15) is 6.42 Å². The molecule has 11 heavy (non-hydrogen) atoms. The van der Waals surface area contributed by atoms with Gasteiger partial charge in [0.25, 0.3) is 10.1 Å². The number of rotatable bonds is 1. The third-order valence-corrected chi connectivity index (χ3v) is 2.87. The van der Waals surface area contributed by atoms with Gasteiger partial charge in [0.15, 0.2) is 0 Å². The topological polar surface area (TPSA) is 80.4 Å². The molecule has 0 aromatic heterocycles. The molecule has 0 fully saturated rings. The van der Waals surface area contributed by atoms with Crippen LogP contribution in [0.25, 0.3) is 0 Å². The Balaban J connectivity index is 2.94. The van der Waals surface area contributed by atoms with Crippen LogP contribution in [0.2, 0.25) is 0 Å². The summed E-state index contributed by atoms with van der Waals surface area (Å²) in [6.45, 7) is 3.45. The molecule has 0 radical (unpaired) electrons. The van der Waals surface area contributed by atoms with Gasteiger partial charge in [0, 0.05) is 5.70 Å². The second-order valence-electron chi connectivity index (χ2n) is 2.42. The van der Waals surface area contributed by atoms with Gasteiger partial charge in [0.05, 0.1) is 0 Å². The summed E-state index contributed by atoms with van der Waals surface area (Å²) in [5, 5.41) is -0.928. The van der Waals surface area contributed by atoms with Crippen molar-refractivity contribution in [1.82, 2.24) is 0 Å². The number of hydrogen-bond acceptors (Lipinski definition) is 3. The minimum atomic E-state index is -4.02. The first kappa shape index (κ1) is 8.29. The van der Waals surface area contributed by atoms with Crippen LogP contribution in [0.5, 0.6) is 0 Å². The summed E-state index contributed by atoms with van der Waals surface area (Å²) in [5.74, 6) is 0. The van der Waals surface area contributed by atoms with E-state index < -0.39 is 15.4 Å². The van der Waals surface area contributed by atoms with Crippen LogP contribution in [0, 0.1) is 0 Å². The fourth-order valence-corrected chi connectivity index (χ4v) is 1.83. The van der Waals surface area contributed by atoms with Crippen molar-refractivity contribution in [2.24, 2.45) is 5.73 Å². The van der Waals surface area contributed by atoms with Gasteiger partial charge < -0.3 is 5.73 Å². The third kappa shape index (κ3) is 1.44. The normalized spacial score (nSPS) is 25.4. The zero-order valence-corrected chi connectivity index (χ0v) is 6.63. The molecule has 0 spiro atoms. The van der Waals surface area contributed by atoms with Gasteiger partial charge in [-0.25, -0.2) is 0 Å². The van der Waals surface area contributed by atoms with Crippen LogP contribution in [-0.2, 0) is 10.1 Å². The predicted octanol–water partition coefficient (Wildman–Crippen LogP) is 0.0453. The molecule has 1 aliphatic carbocycles. The highest BCUT2D eigenvalue weighted by Crippen LogP contribution is 2.25. The average Bonchev–Trinajstić information content (AvgIpc) is 2.11. The van der Waals surface area contributed by atoms with Crippen molar-refractivity contribution in [3.63, 3.8) is 0 Å². The van der Waals surface area contributed by atoms with Crippen molar-refractivity contribution in [2.75, 3.05) is 0 Å². The Morgan fingerprint density at radius 3 is 2.45 bits per heavy atom. The fourth-order valence-electron chi connectivity index (χ4n) is 0.995. The van der Waals surface area contributed by atoms with Crippen LogP contribution in [0.15, 0.2) is 23.9 Å². The molecular weight excluding hydrogens is 166 g/mol. The summed E-state index contributed by atoms with van der Waals surface area (Å²) in [6.07, 6.45) is 1.77. The molecule has 0 aromatic carbocycles. The van der Waals surface area contributed by atoms with E-state index in [2.05, 4.69) is 6.58 Å². The van der Waals surface area contributed by atoms with E-state index in [9.17, 15) is 8.42 Å². The second kappa shape index (κ2) is 2.35. The van der Waals surface area contributed by atoms with Crippen molar-refractivity contribution in [3.05, 3.63) is 23.9 Å². The monoisotopic (exact) mass is 175 g/mol. The number of nitrogens with two attached hydrogens (primary N) is 1. The van der Waals surface area contributed by atoms with Crippen molar-refractivity contribution >= 4 is 10.1 Å². The molecule has 1 rings (SSSR count). The van der Waals surface area contributed by atoms with Gasteiger partial charge in [-0.1, -0.05) is 12.7 Å². The summed E-state index contributed by atoms with van der Waals surface area (Å²) in [6, 6.07) is 0.